The number of aromatic nitrogens is 3. The monoisotopic (exact) mass is 311 g/mol. The van der Waals surface area contributed by atoms with Crippen LogP contribution in [0.3, 0.4) is 0 Å². The Bertz CT molecular complexity index is 744. The molecule has 6 nitrogen and oxygen atoms in total. The standard InChI is InChI=1S/C17H21N5O/c1-11-12(2)21-22-16(14(11)9-18)20-10-13-6-7-19-15(8-13)23-17(3,4)5/h6-8H,10H2,1-5H3,(H,20,22). The van der Waals surface area contributed by atoms with Crippen LogP contribution in [0.2, 0.25) is 0 Å². The molecule has 2 aromatic rings. The fourth-order valence-corrected chi connectivity index (χ4v) is 1.98. The van der Waals surface area contributed by atoms with Crippen LogP contribution < -0.4 is 10.1 Å². The molecule has 0 saturated carbocycles. The zero-order chi connectivity index (χ0) is 17.0. The Morgan fingerprint density at radius 2 is 2.00 bits per heavy atom. The van der Waals surface area contributed by atoms with Gasteiger partial charge < -0.3 is 10.1 Å². The highest BCUT2D eigenvalue weighted by Gasteiger charge is 2.13. The summed E-state index contributed by atoms with van der Waals surface area (Å²) < 4.78 is 5.75. The van der Waals surface area contributed by atoms with Gasteiger partial charge in [-0.15, -0.1) is 5.10 Å². The van der Waals surface area contributed by atoms with E-state index in [0.29, 0.717) is 23.8 Å². The zero-order valence-corrected chi connectivity index (χ0v) is 14.1. The fourth-order valence-electron chi connectivity index (χ4n) is 1.98. The van der Waals surface area contributed by atoms with E-state index >= 15 is 0 Å². The first kappa shape index (κ1) is 16.7. The average molecular weight is 311 g/mol. The van der Waals surface area contributed by atoms with Gasteiger partial charge in [-0.05, 0) is 51.8 Å². The summed E-state index contributed by atoms with van der Waals surface area (Å²) in [6, 6.07) is 5.95. The van der Waals surface area contributed by atoms with Gasteiger partial charge in [0.05, 0.1) is 5.69 Å². The van der Waals surface area contributed by atoms with Crippen molar-refractivity contribution in [1.82, 2.24) is 15.2 Å². The third-order valence-electron chi connectivity index (χ3n) is 3.24. The van der Waals surface area contributed by atoms with Gasteiger partial charge in [0.15, 0.2) is 5.82 Å². The van der Waals surface area contributed by atoms with Crippen molar-refractivity contribution in [1.29, 1.82) is 5.26 Å². The Labute approximate surface area is 136 Å². The molecule has 0 aliphatic heterocycles. The maximum Gasteiger partial charge on any atom is 0.214 e. The van der Waals surface area contributed by atoms with Gasteiger partial charge in [0.2, 0.25) is 5.88 Å². The highest BCUT2D eigenvalue weighted by molar-refractivity contribution is 5.55. The van der Waals surface area contributed by atoms with Crippen molar-refractivity contribution < 1.29 is 4.74 Å². The lowest BCUT2D eigenvalue weighted by atomic mass is 10.1. The molecule has 23 heavy (non-hydrogen) atoms. The number of ether oxygens (including phenoxy) is 1. The summed E-state index contributed by atoms with van der Waals surface area (Å²) in [4.78, 5) is 4.21. The summed E-state index contributed by atoms with van der Waals surface area (Å²) in [7, 11) is 0. The molecule has 0 unspecified atom stereocenters. The van der Waals surface area contributed by atoms with Crippen LogP contribution in [0.25, 0.3) is 0 Å². The molecular formula is C17H21N5O. The maximum absolute atomic E-state index is 9.30. The molecule has 2 rings (SSSR count). The number of pyridine rings is 1. The lowest BCUT2D eigenvalue weighted by molar-refractivity contribution is 0.124. The molecule has 0 fully saturated rings. The van der Waals surface area contributed by atoms with Gasteiger partial charge in [-0.2, -0.15) is 10.4 Å². The predicted molar refractivity (Wildman–Crippen MR) is 88.2 cm³/mol. The van der Waals surface area contributed by atoms with E-state index in [-0.39, 0.29) is 5.60 Å². The highest BCUT2D eigenvalue weighted by atomic mass is 16.5. The van der Waals surface area contributed by atoms with Gasteiger partial charge in [0.25, 0.3) is 0 Å². The van der Waals surface area contributed by atoms with Crippen LogP contribution in [0.4, 0.5) is 5.82 Å². The van der Waals surface area contributed by atoms with Crippen molar-refractivity contribution in [3.63, 3.8) is 0 Å². The molecule has 0 saturated heterocycles. The van der Waals surface area contributed by atoms with Crippen molar-refractivity contribution in [2.45, 2.75) is 46.8 Å². The second kappa shape index (κ2) is 6.61. The molecule has 1 N–H and O–H groups in total. The van der Waals surface area contributed by atoms with Gasteiger partial charge in [-0.25, -0.2) is 4.98 Å². The number of rotatable bonds is 4. The number of nitrogens with one attached hydrogen (secondary N) is 1. The van der Waals surface area contributed by atoms with E-state index in [1.165, 1.54) is 0 Å². The first-order valence-electron chi connectivity index (χ1n) is 7.42. The minimum absolute atomic E-state index is 0.299. The Balaban J connectivity index is 2.15. The van der Waals surface area contributed by atoms with E-state index in [1.807, 2.05) is 46.8 Å². The molecule has 6 heteroatoms. The number of hydrogen-bond donors (Lipinski definition) is 1. The average Bonchev–Trinajstić information content (AvgIpc) is 2.47. The topological polar surface area (TPSA) is 83.7 Å². The van der Waals surface area contributed by atoms with Crippen LogP contribution in [-0.2, 0) is 6.54 Å². The summed E-state index contributed by atoms with van der Waals surface area (Å²) in [5, 5.41) is 20.6. The summed E-state index contributed by atoms with van der Waals surface area (Å²) in [6.07, 6.45) is 1.70. The van der Waals surface area contributed by atoms with Crippen LogP contribution in [-0.4, -0.2) is 20.8 Å². The second-order valence-corrected chi connectivity index (χ2v) is 6.32. The largest absolute Gasteiger partial charge is 0.472 e. The van der Waals surface area contributed by atoms with E-state index in [4.69, 9.17) is 4.74 Å². The highest BCUT2D eigenvalue weighted by Crippen LogP contribution is 2.19. The van der Waals surface area contributed by atoms with Crippen LogP contribution in [0.5, 0.6) is 5.88 Å². The van der Waals surface area contributed by atoms with Gasteiger partial charge >= 0.3 is 0 Å². The minimum Gasteiger partial charge on any atom is -0.472 e. The van der Waals surface area contributed by atoms with Gasteiger partial charge in [-0.1, -0.05) is 0 Å². The summed E-state index contributed by atoms with van der Waals surface area (Å²) >= 11 is 0. The van der Waals surface area contributed by atoms with Crippen molar-refractivity contribution in [2.75, 3.05) is 5.32 Å². The summed E-state index contributed by atoms with van der Waals surface area (Å²) in [6.45, 7) is 10.1. The van der Waals surface area contributed by atoms with E-state index in [9.17, 15) is 5.26 Å². The van der Waals surface area contributed by atoms with Crippen molar-refractivity contribution >= 4 is 5.82 Å². The van der Waals surface area contributed by atoms with Crippen LogP contribution in [0.15, 0.2) is 18.3 Å². The predicted octanol–water partition coefficient (Wildman–Crippen LogP) is 3.15. The van der Waals surface area contributed by atoms with E-state index < -0.39 is 0 Å². The molecule has 0 aromatic carbocycles. The normalized spacial score (nSPS) is 11.0. The summed E-state index contributed by atoms with van der Waals surface area (Å²) in [5.74, 6) is 1.06. The van der Waals surface area contributed by atoms with Crippen LogP contribution >= 0.6 is 0 Å². The summed E-state index contributed by atoms with van der Waals surface area (Å²) in [5.41, 5.74) is 2.82. The molecule has 0 aliphatic carbocycles. The molecule has 120 valence electrons. The van der Waals surface area contributed by atoms with Crippen molar-refractivity contribution in [3.05, 3.63) is 40.7 Å². The lowest BCUT2D eigenvalue weighted by Gasteiger charge is -2.20. The van der Waals surface area contributed by atoms with E-state index in [1.54, 1.807) is 6.20 Å². The van der Waals surface area contributed by atoms with Crippen LogP contribution in [0.1, 0.15) is 43.2 Å². The number of aryl methyl sites for hydroxylation is 1. The van der Waals surface area contributed by atoms with Gasteiger partial charge in [0, 0.05) is 18.8 Å². The third-order valence-corrected chi connectivity index (χ3v) is 3.24. The maximum atomic E-state index is 9.30. The van der Waals surface area contributed by atoms with E-state index in [2.05, 4.69) is 26.6 Å². The molecular weight excluding hydrogens is 290 g/mol. The zero-order valence-electron chi connectivity index (χ0n) is 14.1. The van der Waals surface area contributed by atoms with Crippen molar-refractivity contribution in [3.8, 4) is 11.9 Å². The molecule has 0 amide bonds. The number of anilines is 1. The molecule has 0 spiro atoms. The van der Waals surface area contributed by atoms with Gasteiger partial charge in [-0.3, -0.25) is 0 Å². The number of hydrogen-bond acceptors (Lipinski definition) is 6. The molecule has 0 aliphatic rings. The number of nitrogens with zero attached hydrogens (tertiary/aromatic N) is 4. The smallest absolute Gasteiger partial charge is 0.214 e. The second-order valence-electron chi connectivity index (χ2n) is 6.32. The molecule has 0 bridgehead atoms. The Morgan fingerprint density at radius 3 is 2.65 bits per heavy atom. The molecule has 2 heterocycles. The van der Waals surface area contributed by atoms with E-state index in [0.717, 1.165) is 16.8 Å². The molecule has 2 aromatic heterocycles. The third kappa shape index (κ3) is 4.39. The quantitative estimate of drug-likeness (QED) is 0.933. The minimum atomic E-state index is -0.299. The first-order valence-corrected chi connectivity index (χ1v) is 7.42. The number of nitriles is 1. The Hall–Kier alpha value is -2.68. The Morgan fingerprint density at radius 1 is 1.26 bits per heavy atom. The van der Waals surface area contributed by atoms with Crippen molar-refractivity contribution in [2.24, 2.45) is 0 Å². The molecule has 0 radical (unpaired) electrons. The van der Waals surface area contributed by atoms with Gasteiger partial charge in [0.1, 0.15) is 17.2 Å². The fraction of sp³-hybridized carbons (Fsp3) is 0.412. The van der Waals surface area contributed by atoms with Crippen LogP contribution in [0, 0.1) is 25.2 Å². The lowest BCUT2D eigenvalue weighted by Crippen LogP contribution is -2.23. The first-order chi connectivity index (χ1) is 10.8. The Kier molecular flexibility index (Phi) is 4.80. The SMILES string of the molecule is Cc1nnc(NCc2ccnc(OC(C)(C)C)c2)c(C#N)c1C. The molecule has 0 atom stereocenters.